The number of hydrogen-bond acceptors (Lipinski definition) is 3. The van der Waals surface area contributed by atoms with E-state index in [1.165, 1.54) is 0 Å². The van der Waals surface area contributed by atoms with E-state index in [2.05, 4.69) is 34.9 Å². The van der Waals surface area contributed by atoms with Crippen LogP contribution in [0, 0.1) is 0 Å². The number of aromatic nitrogens is 2. The third kappa shape index (κ3) is 3.46. The highest BCUT2D eigenvalue weighted by atomic mass is 35.5. The first kappa shape index (κ1) is 14.3. The van der Waals surface area contributed by atoms with Crippen molar-refractivity contribution < 1.29 is 0 Å². The molecule has 1 aromatic heterocycles. The molecule has 1 heterocycles. The fourth-order valence-electron chi connectivity index (χ4n) is 1.73. The summed E-state index contributed by atoms with van der Waals surface area (Å²) in [7, 11) is -1.65. The van der Waals surface area contributed by atoms with Gasteiger partial charge >= 0.3 is 0 Å². The van der Waals surface area contributed by atoms with Crippen LogP contribution in [0.1, 0.15) is 0 Å². The van der Waals surface area contributed by atoms with E-state index in [0.29, 0.717) is 16.3 Å². The Morgan fingerprint density at radius 3 is 1.95 bits per heavy atom. The van der Waals surface area contributed by atoms with E-state index in [1.807, 2.05) is 30.3 Å². The molecule has 0 spiro atoms. The molecule has 0 bridgehead atoms. The lowest BCUT2D eigenvalue weighted by Crippen LogP contribution is -2.40. The van der Waals surface area contributed by atoms with Gasteiger partial charge in [0.05, 0.1) is 8.07 Å². The number of halogens is 2. The van der Waals surface area contributed by atoms with Crippen molar-refractivity contribution in [2.75, 3.05) is 5.32 Å². The van der Waals surface area contributed by atoms with Crippen LogP contribution in [0.3, 0.4) is 0 Å². The lowest BCUT2D eigenvalue weighted by molar-refractivity contribution is 1.18. The molecule has 0 atom stereocenters. The zero-order valence-corrected chi connectivity index (χ0v) is 13.5. The van der Waals surface area contributed by atoms with Crippen molar-refractivity contribution in [1.82, 2.24) is 9.97 Å². The fourth-order valence-corrected chi connectivity index (χ4v) is 5.17. The zero-order chi connectivity index (χ0) is 14.0. The number of hydrogen-bond donors (Lipinski definition) is 1. The maximum atomic E-state index is 6.24. The fraction of sp³-hybridized carbons (Fsp3) is 0.231. The molecule has 0 aliphatic rings. The van der Waals surface area contributed by atoms with Crippen molar-refractivity contribution in [3.8, 4) is 0 Å². The molecular formula is C13H15Cl2N3Si. The summed E-state index contributed by atoms with van der Waals surface area (Å²) in [6, 6.07) is 9.67. The third-order valence-corrected chi connectivity index (χ3v) is 5.44. The second kappa shape index (κ2) is 5.49. The van der Waals surface area contributed by atoms with Crippen LogP contribution < -0.4 is 10.5 Å². The predicted octanol–water partition coefficient (Wildman–Crippen LogP) is 4.07. The van der Waals surface area contributed by atoms with Crippen LogP contribution in [-0.4, -0.2) is 18.0 Å². The number of nitrogens with one attached hydrogen (secondary N) is 1. The van der Waals surface area contributed by atoms with Gasteiger partial charge in [-0.25, -0.2) is 9.97 Å². The van der Waals surface area contributed by atoms with Gasteiger partial charge in [-0.05, 0) is 12.1 Å². The summed E-state index contributed by atoms with van der Waals surface area (Å²) in [5.74, 6) is 0.420. The van der Waals surface area contributed by atoms with Gasteiger partial charge in [0.15, 0.2) is 0 Å². The molecule has 1 aromatic carbocycles. The molecule has 0 aliphatic heterocycles. The van der Waals surface area contributed by atoms with Crippen LogP contribution in [0.15, 0.2) is 30.3 Å². The van der Waals surface area contributed by atoms with Crippen molar-refractivity contribution in [3.63, 3.8) is 0 Å². The molecule has 0 aliphatic carbocycles. The largest absolute Gasteiger partial charge is 0.324 e. The van der Waals surface area contributed by atoms with Crippen molar-refractivity contribution in [3.05, 3.63) is 40.6 Å². The zero-order valence-electron chi connectivity index (χ0n) is 11.0. The molecule has 6 heteroatoms. The summed E-state index contributed by atoms with van der Waals surface area (Å²) in [6.07, 6.45) is 0. The molecular weight excluding hydrogens is 297 g/mol. The van der Waals surface area contributed by atoms with Crippen molar-refractivity contribution in [1.29, 1.82) is 0 Å². The molecule has 19 heavy (non-hydrogen) atoms. The average Bonchev–Trinajstić information content (AvgIpc) is 2.27. The second-order valence-electron chi connectivity index (χ2n) is 5.24. The lowest BCUT2D eigenvalue weighted by atomic mass is 10.3. The Kier molecular flexibility index (Phi) is 4.13. The number of benzene rings is 1. The first-order valence-corrected chi connectivity index (χ1v) is 10.2. The lowest BCUT2D eigenvalue weighted by Gasteiger charge is -2.19. The number of para-hydroxylation sites is 1. The van der Waals surface area contributed by atoms with Crippen LogP contribution in [0.5, 0.6) is 0 Å². The summed E-state index contributed by atoms with van der Waals surface area (Å²) >= 11 is 12.5. The van der Waals surface area contributed by atoms with E-state index in [-0.39, 0.29) is 0 Å². The highest BCUT2D eigenvalue weighted by Gasteiger charge is 2.25. The van der Waals surface area contributed by atoms with E-state index < -0.39 is 8.07 Å². The molecule has 2 aromatic rings. The Morgan fingerprint density at radius 1 is 0.947 bits per heavy atom. The Morgan fingerprint density at radius 2 is 1.47 bits per heavy atom. The van der Waals surface area contributed by atoms with Gasteiger partial charge in [0.1, 0.15) is 10.3 Å². The van der Waals surface area contributed by atoms with E-state index in [4.69, 9.17) is 23.2 Å². The monoisotopic (exact) mass is 311 g/mol. The molecule has 1 N–H and O–H groups in total. The van der Waals surface area contributed by atoms with Gasteiger partial charge in [-0.15, -0.1) is 0 Å². The number of nitrogens with zero attached hydrogens (tertiary/aromatic N) is 2. The van der Waals surface area contributed by atoms with E-state index in [0.717, 1.165) is 10.9 Å². The van der Waals surface area contributed by atoms with Gasteiger partial charge in [-0.3, -0.25) is 0 Å². The summed E-state index contributed by atoms with van der Waals surface area (Å²) in [4.78, 5) is 8.58. The quantitative estimate of drug-likeness (QED) is 0.686. The van der Waals surface area contributed by atoms with Crippen LogP contribution in [-0.2, 0) is 0 Å². The highest BCUT2D eigenvalue weighted by Crippen LogP contribution is 2.20. The summed E-state index contributed by atoms with van der Waals surface area (Å²) < 4.78 is 0. The maximum absolute atomic E-state index is 6.24. The standard InChI is InChI=1S/C13H15Cl2N3Si/c1-19(2,3)10-11(14)17-13(18-12(10)15)16-9-7-5-4-6-8-9/h4-8H,1-3H3,(H,16,17,18). The normalized spacial score (nSPS) is 11.4. The second-order valence-corrected chi connectivity index (χ2v) is 11.0. The molecule has 0 saturated heterocycles. The van der Waals surface area contributed by atoms with Crippen LogP contribution in [0.25, 0.3) is 0 Å². The molecule has 0 amide bonds. The molecule has 0 unspecified atom stereocenters. The molecule has 2 rings (SSSR count). The smallest absolute Gasteiger partial charge is 0.230 e. The topological polar surface area (TPSA) is 37.8 Å². The first-order valence-electron chi connectivity index (χ1n) is 5.93. The minimum Gasteiger partial charge on any atom is -0.324 e. The molecule has 0 radical (unpaired) electrons. The maximum Gasteiger partial charge on any atom is 0.230 e. The molecule has 3 nitrogen and oxygen atoms in total. The van der Waals surface area contributed by atoms with Gasteiger partial charge in [-0.2, -0.15) is 0 Å². The summed E-state index contributed by atoms with van der Waals surface area (Å²) in [5, 5.41) is 4.87. The Balaban J connectivity index is 2.36. The Labute approximate surface area is 124 Å². The Bertz CT molecular complexity index is 559. The minimum atomic E-state index is -1.65. The molecule has 0 fully saturated rings. The molecule has 100 valence electrons. The third-order valence-electron chi connectivity index (χ3n) is 2.60. The summed E-state index contributed by atoms with van der Waals surface area (Å²) in [5.41, 5.74) is 0.899. The highest BCUT2D eigenvalue weighted by molar-refractivity contribution is 6.91. The van der Waals surface area contributed by atoms with Crippen LogP contribution in [0.4, 0.5) is 11.6 Å². The van der Waals surface area contributed by atoms with E-state index in [1.54, 1.807) is 0 Å². The van der Waals surface area contributed by atoms with Crippen molar-refractivity contribution in [2.45, 2.75) is 19.6 Å². The van der Waals surface area contributed by atoms with Crippen molar-refractivity contribution >= 4 is 48.1 Å². The number of anilines is 2. The van der Waals surface area contributed by atoms with Gasteiger partial charge < -0.3 is 5.32 Å². The van der Waals surface area contributed by atoms with Gasteiger partial charge in [0.25, 0.3) is 0 Å². The van der Waals surface area contributed by atoms with Gasteiger partial charge in [0.2, 0.25) is 5.95 Å². The van der Waals surface area contributed by atoms with Crippen LogP contribution in [0.2, 0.25) is 29.9 Å². The predicted molar refractivity (Wildman–Crippen MR) is 84.8 cm³/mol. The number of rotatable bonds is 3. The van der Waals surface area contributed by atoms with Crippen LogP contribution >= 0.6 is 23.2 Å². The van der Waals surface area contributed by atoms with E-state index in [9.17, 15) is 0 Å². The Hall–Kier alpha value is -1.10. The van der Waals surface area contributed by atoms with Gasteiger partial charge in [0, 0.05) is 10.9 Å². The molecule has 0 saturated carbocycles. The van der Waals surface area contributed by atoms with Gasteiger partial charge in [-0.1, -0.05) is 61.0 Å². The average molecular weight is 312 g/mol. The summed E-state index contributed by atoms with van der Waals surface area (Å²) in [6.45, 7) is 6.48. The first-order chi connectivity index (χ1) is 8.88. The van der Waals surface area contributed by atoms with Crippen molar-refractivity contribution in [2.24, 2.45) is 0 Å². The SMILES string of the molecule is C[Si](C)(C)c1c(Cl)nc(Nc2ccccc2)nc1Cl. The van der Waals surface area contributed by atoms with E-state index >= 15 is 0 Å². The minimum absolute atomic E-state index is 0.420.